The molecule has 0 radical (unpaired) electrons. The van der Waals surface area contributed by atoms with Crippen LogP contribution in [0, 0.1) is 4.64 Å². The number of hydrogen-bond donors (Lipinski definition) is 0. The summed E-state index contributed by atoms with van der Waals surface area (Å²) in [7, 11) is 0. The van der Waals surface area contributed by atoms with E-state index in [1.807, 2.05) is 47.0 Å². The zero-order valence-electron chi connectivity index (χ0n) is 9.21. The molecule has 2 heteroatoms. The number of benzene rings is 1. The molecule has 2 aromatic heterocycles. The molecule has 0 N–H and O–H groups in total. The molecule has 0 bridgehead atoms. The summed E-state index contributed by atoms with van der Waals surface area (Å²) in [6.07, 6.45) is 1.99. The van der Waals surface area contributed by atoms with Crippen LogP contribution in [0.15, 0.2) is 66.9 Å². The summed E-state index contributed by atoms with van der Waals surface area (Å²) < 4.78 is 2.85. The molecule has 0 aliphatic heterocycles. The molecule has 0 atom stereocenters. The van der Waals surface area contributed by atoms with Gasteiger partial charge in [-0.3, -0.25) is 0 Å². The van der Waals surface area contributed by atoms with Crippen LogP contribution in [0.25, 0.3) is 16.6 Å². The molecule has 0 amide bonds. The summed E-state index contributed by atoms with van der Waals surface area (Å²) in [5, 5.41) is 0. The Balaban J connectivity index is 2.30. The zero-order valence-corrected chi connectivity index (χ0v) is 10.0. The molecular weight excluding hydrogens is 226 g/mol. The lowest BCUT2D eigenvalue weighted by molar-refractivity contribution is 1.14. The normalized spacial score (nSPS) is 10.6. The highest BCUT2D eigenvalue weighted by Crippen LogP contribution is 2.21. The zero-order chi connectivity index (χ0) is 11.7. The average molecular weight is 237 g/mol. The van der Waals surface area contributed by atoms with Gasteiger partial charge in [0.05, 0.1) is 0 Å². The summed E-state index contributed by atoms with van der Waals surface area (Å²) in [4.78, 5) is 0. The van der Waals surface area contributed by atoms with Gasteiger partial charge in [0.2, 0.25) is 0 Å². The Morgan fingerprint density at radius 1 is 0.765 bits per heavy atom. The quantitative estimate of drug-likeness (QED) is 0.570. The van der Waals surface area contributed by atoms with Gasteiger partial charge in [0.15, 0.2) is 0 Å². The average Bonchev–Trinajstić information content (AvgIpc) is 2.40. The Kier molecular flexibility index (Phi) is 2.50. The highest BCUT2D eigenvalue weighted by molar-refractivity contribution is 7.71. The minimum absolute atomic E-state index is 0.835. The van der Waals surface area contributed by atoms with E-state index in [1.54, 1.807) is 0 Å². The van der Waals surface area contributed by atoms with Gasteiger partial charge in [0.1, 0.15) is 4.64 Å². The number of rotatable bonds is 1. The first-order valence-corrected chi connectivity index (χ1v) is 5.92. The third-order valence-corrected chi connectivity index (χ3v) is 3.13. The molecule has 0 spiro atoms. The van der Waals surface area contributed by atoms with Crippen molar-refractivity contribution in [3.8, 4) is 11.1 Å². The molecule has 0 saturated carbocycles. The molecule has 0 fully saturated rings. The molecule has 3 rings (SSSR count). The Hall–Kier alpha value is -1.93. The summed E-state index contributed by atoms with van der Waals surface area (Å²) >= 11 is 5.40. The van der Waals surface area contributed by atoms with E-state index in [0.717, 1.165) is 10.2 Å². The fourth-order valence-corrected chi connectivity index (χ4v) is 2.27. The maximum Gasteiger partial charge on any atom is 0.111 e. The topological polar surface area (TPSA) is 4.41 Å². The molecule has 0 unspecified atom stereocenters. The fraction of sp³-hybridized carbons (Fsp3) is 0. The van der Waals surface area contributed by atoms with Gasteiger partial charge in [-0.05, 0) is 35.4 Å². The van der Waals surface area contributed by atoms with Crippen LogP contribution >= 0.6 is 12.2 Å². The monoisotopic (exact) mass is 237 g/mol. The second-order valence-corrected chi connectivity index (χ2v) is 4.36. The van der Waals surface area contributed by atoms with Crippen molar-refractivity contribution in [1.29, 1.82) is 0 Å². The van der Waals surface area contributed by atoms with Crippen molar-refractivity contribution < 1.29 is 0 Å². The van der Waals surface area contributed by atoms with Crippen LogP contribution < -0.4 is 0 Å². The van der Waals surface area contributed by atoms with Gasteiger partial charge in [-0.15, -0.1) is 0 Å². The summed E-state index contributed by atoms with van der Waals surface area (Å²) in [6, 6.07) is 20.6. The number of fused-ring (bicyclic) bond motifs is 1. The minimum atomic E-state index is 0.835. The summed E-state index contributed by atoms with van der Waals surface area (Å²) in [5.74, 6) is 0. The van der Waals surface area contributed by atoms with E-state index in [4.69, 9.17) is 12.2 Å². The van der Waals surface area contributed by atoms with Crippen molar-refractivity contribution in [2.45, 2.75) is 0 Å². The predicted octanol–water partition coefficient (Wildman–Crippen LogP) is 4.34. The lowest BCUT2D eigenvalue weighted by Gasteiger charge is -2.05. The second-order valence-electron chi connectivity index (χ2n) is 3.94. The second kappa shape index (κ2) is 4.15. The third kappa shape index (κ3) is 1.87. The van der Waals surface area contributed by atoms with Crippen molar-refractivity contribution in [2.75, 3.05) is 0 Å². The molecule has 82 valence electrons. The minimum Gasteiger partial charge on any atom is -0.308 e. The van der Waals surface area contributed by atoms with Crippen molar-refractivity contribution in [3.05, 3.63) is 71.5 Å². The molecule has 1 nitrogen and oxygen atoms in total. The van der Waals surface area contributed by atoms with Crippen LogP contribution in [-0.4, -0.2) is 4.40 Å². The van der Waals surface area contributed by atoms with Gasteiger partial charge in [-0.25, -0.2) is 0 Å². The van der Waals surface area contributed by atoms with E-state index in [9.17, 15) is 0 Å². The van der Waals surface area contributed by atoms with Crippen LogP contribution in [0.2, 0.25) is 0 Å². The van der Waals surface area contributed by atoms with Gasteiger partial charge < -0.3 is 4.40 Å². The van der Waals surface area contributed by atoms with Crippen molar-refractivity contribution in [1.82, 2.24) is 4.40 Å². The van der Waals surface area contributed by atoms with Gasteiger partial charge >= 0.3 is 0 Å². The molecule has 1 aromatic carbocycles. The first-order chi connectivity index (χ1) is 8.34. The van der Waals surface area contributed by atoms with Gasteiger partial charge in [0, 0.05) is 11.7 Å². The maximum atomic E-state index is 5.40. The van der Waals surface area contributed by atoms with Gasteiger partial charge in [-0.1, -0.05) is 48.6 Å². The number of hydrogen-bond acceptors (Lipinski definition) is 1. The van der Waals surface area contributed by atoms with Crippen LogP contribution in [0.5, 0.6) is 0 Å². The first-order valence-electron chi connectivity index (χ1n) is 5.51. The fourth-order valence-electron chi connectivity index (χ4n) is 1.98. The van der Waals surface area contributed by atoms with Gasteiger partial charge in [-0.2, -0.15) is 0 Å². The molecule has 17 heavy (non-hydrogen) atoms. The summed E-state index contributed by atoms with van der Waals surface area (Å²) in [5.41, 5.74) is 3.49. The molecule has 0 aliphatic rings. The maximum absolute atomic E-state index is 5.40. The Morgan fingerprint density at radius 3 is 2.35 bits per heavy atom. The predicted molar refractivity (Wildman–Crippen MR) is 73.7 cm³/mol. The van der Waals surface area contributed by atoms with E-state index in [2.05, 4.69) is 24.3 Å². The SMILES string of the molecule is S=c1cc(-c2ccccc2)cc2ccccn12. The standard InChI is InChI=1S/C15H11NS/c17-15-11-13(12-6-2-1-3-7-12)10-14-8-4-5-9-16(14)15/h1-11H. The Morgan fingerprint density at radius 2 is 1.53 bits per heavy atom. The Bertz CT molecular complexity index is 714. The van der Waals surface area contributed by atoms with Gasteiger partial charge in [0.25, 0.3) is 0 Å². The number of aromatic nitrogens is 1. The van der Waals surface area contributed by atoms with E-state index >= 15 is 0 Å². The third-order valence-electron chi connectivity index (χ3n) is 2.82. The molecule has 0 saturated heterocycles. The highest BCUT2D eigenvalue weighted by Gasteiger charge is 1.99. The molecule has 2 heterocycles. The molecular formula is C15H11NS. The lowest BCUT2D eigenvalue weighted by atomic mass is 10.1. The van der Waals surface area contributed by atoms with Crippen LogP contribution in [0.4, 0.5) is 0 Å². The smallest absolute Gasteiger partial charge is 0.111 e. The largest absolute Gasteiger partial charge is 0.308 e. The van der Waals surface area contributed by atoms with Crippen LogP contribution in [0.1, 0.15) is 0 Å². The van der Waals surface area contributed by atoms with Crippen molar-refractivity contribution >= 4 is 17.7 Å². The van der Waals surface area contributed by atoms with E-state index < -0.39 is 0 Å². The first kappa shape index (κ1) is 10.2. The molecule has 0 aliphatic carbocycles. The molecule has 3 aromatic rings. The van der Waals surface area contributed by atoms with E-state index in [0.29, 0.717) is 0 Å². The summed E-state index contributed by atoms with van der Waals surface area (Å²) in [6.45, 7) is 0. The highest BCUT2D eigenvalue weighted by atomic mass is 32.1. The van der Waals surface area contributed by atoms with Crippen LogP contribution in [0.3, 0.4) is 0 Å². The van der Waals surface area contributed by atoms with E-state index in [-0.39, 0.29) is 0 Å². The van der Waals surface area contributed by atoms with Crippen LogP contribution in [-0.2, 0) is 0 Å². The lowest BCUT2D eigenvalue weighted by Crippen LogP contribution is -1.90. The van der Waals surface area contributed by atoms with Crippen molar-refractivity contribution in [2.24, 2.45) is 0 Å². The number of pyridine rings is 2. The number of nitrogens with zero attached hydrogens (tertiary/aromatic N) is 1. The van der Waals surface area contributed by atoms with Crippen molar-refractivity contribution in [3.63, 3.8) is 0 Å². The van der Waals surface area contributed by atoms with E-state index in [1.165, 1.54) is 11.1 Å². The Labute approximate surface area is 105 Å².